The molecule has 0 radical (unpaired) electrons. The fourth-order valence-corrected chi connectivity index (χ4v) is 3.21. The molecule has 24 heavy (non-hydrogen) atoms. The standard InChI is InChI=1S/C16H15.C4H10Si.2ClH.Zr/c1-11-7-8-12(2)16-10-14(9-15(11)16)13-5-3-4-6-13;1-3-5-4-2;;;/h3-10,13H,1-2H3;3-4H2,1-2H3;2*1H;/q-1;;;;+2/p-2. The normalized spacial score (nSPS) is 12.4. The van der Waals surface area contributed by atoms with Crippen LogP contribution in [0.2, 0.25) is 12.1 Å². The Kier molecular flexibility index (Phi) is 11.6. The zero-order chi connectivity index (χ0) is 16.1. The van der Waals surface area contributed by atoms with E-state index >= 15 is 0 Å². The molecule has 0 saturated heterocycles. The molecule has 0 heterocycles. The monoisotopic (exact) mass is 453 g/mol. The van der Waals surface area contributed by atoms with Crippen molar-refractivity contribution in [2.75, 3.05) is 0 Å². The Hall–Kier alpha value is -0.0100. The first-order valence-electron chi connectivity index (χ1n) is 8.14. The summed E-state index contributed by atoms with van der Waals surface area (Å²) in [5, 5.41) is 2.81. The molecular formula is C20H25Cl2SiZr-. The maximum absolute atomic E-state index is 2.34. The molecule has 4 heteroatoms. The molecular weight excluding hydrogens is 430 g/mol. The number of aryl methyl sites for hydroxylation is 2. The molecule has 0 bridgehead atoms. The van der Waals surface area contributed by atoms with Crippen molar-refractivity contribution in [2.24, 2.45) is 0 Å². The average molecular weight is 456 g/mol. The summed E-state index contributed by atoms with van der Waals surface area (Å²) < 4.78 is 0. The summed E-state index contributed by atoms with van der Waals surface area (Å²) in [6, 6.07) is 12.0. The minimum atomic E-state index is 0. The Morgan fingerprint density at radius 1 is 1.00 bits per heavy atom. The van der Waals surface area contributed by atoms with Crippen LogP contribution in [0.4, 0.5) is 0 Å². The maximum Gasteiger partial charge on any atom is 0.00281 e. The van der Waals surface area contributed by atoms with Crippen LogP contribution in [-0.4, -0.2) is 5.43 Å². The zero-order valence-electron chi connectivity index (χ0n) is 14.9. The molecule has 1 aliphatic carbocycles. The Balaban J connectivity index is 0.000000581. The Morgan fingerprint density at radius 3 is 2.00 bits per heavy atom. The molecule has 128 valence electrons. The van der Waals surface area contributed by atoms with Gasteiger partial charge in [-0.25, -0.2) is 0 Å². The van der Waals surface area contributed by atoms with Crippen LogP contribution in [0, 0.1) is 13.8 Å². The van der Waals surface area contributed by atoms with E-state index in [1.807, 2.05) is 0 Å². The third-order valence-electron chi connectivity index (χ3n) is 4.33. The van der Waals surface area contributed by atoms with Crippen LogP contribution in [0.15, 0.2) is 48.6 Å². The largest absolute Gasteiger partial charge is 1.00 e. The molecule has 0 aliphatic heterocycles. The van der Waals surface area contributed by atoms with Crippen molar-refractivity contribution < 1.29 is 48.1 Å². The Labute approximate surface area is 174 Å². The molecule has 0 N–H and O–H groups in total. The molecule has 2 aromatic rings. The third kappa shape index (κ3) is 6.06. The number of rotatable bonds is 3. The maximum atomic E-state index is 2.34. The predicted octanol–water partition coefficient (Wildman–Crippen LogP) is -0.0424. The number of hydrogen-bond donors (Lipinski definition) is 0. The molecule has 0 unspecified atom stereocenters. The van der Waals surface area contributed by atoms with Gasteiger partial charge < -0.3 is 24.8 Å². The zero-order valence-corrected chi connectivity index (χ0v) is 19.8. The van der Waals surface area contributed by atoms with Gasteiger partial charge in [0.05, 0.1) is 0 Å². The van der Waals surface area contributed by atoms with Crippen molar-refractivity contribution in [3.05, 3.63) is 65.3 Å². The number of hydrogen-bond acceptors (Lipinski definition) is 0. The van der Waals surface area contributed by atoms with Crippen molar-refractivity contribution in [1.82, 2.24) is 0 Å². The first kappa shape index (κ1) is 24.0. The minimum Gasteiger partial charge on any atom is -1.00 e. The van der Waals surface area contributed by atoms with Crippen LogP contribution < -0.4 is 24.8 Å². The quantitative estimate of drug-likeness (QED) is 0.450. The van der Waals surface area contributed by atoms with Gasteiger partial charge in [0.2, 0.25) is 0 Å². The molecule has 0 fully saturated rings. The molecule has 1 aliphatic rings. The summed E-state index contributed by atoms with van der Waals surface area (Å²) in [6.45, 7) is 8.97. The SMILES string of the molecule is CC[Si](=[Zr+2])CC.Cc1ccc(C)c2[cH-]c(C3C=CC=C3)cc12.[Cl-].[Cl-]. The average Bonchev–Trinajstić information content (AvgIpc) is 3.19. The van der Waals surface area contributed by atoms with Crippen LogP contribution in [0.1, 0.15) is 36.5 Å². The minimum absolute atomic E-state index is 0. The van der Waals surface area contributed by atoms with Gasteiger partial charge in [-0.3, -0.25) is 0 Å². The van der Waals surface area contributed by atoms with Crippen LogP contribution in [0.3, 0.4) is 0 Å². The fraction of sp³-hybridized carbons (Fsp3) is 0.350. The van der Waals surface area contributed by atoms with E-state index in [4.69, 9.17) is 0 Å². The number of halogens is 2. The second-order valence-corrected chi connectivity index (χ2v) is 13.8. The van der Waals surface area contributed by atoms with Crippen molar-refractivity contribution in [1.29, 1.82) is 0 Å². The van der Waals surface area contributed by atoms with Gasteiger partial charge in [-0.1, -0.05) is 42.9 Å². The second kappa shape index (κ2) is 11.6. The van der Waals surface area contributed by atoms with Crippen LogP contribution in [0.25, 0.3) is 10.8 Å². The molecule has 3 rings (SSSR count). The van der Waals surface area contributed by atoms with Crippen molar-refractivity contribution in [3.8, 4) is 0 Å². The van der Waals surface area contributed by atoms with E-state index in [1.165, 1.54) is 39.6 Å². The summed E-state index contributed by atoms with van der Waals surface area (Å²) in [7, 11) is 0. The van der Waals surface area contributed by atoms with Gasteiger partial charge in [0.1, 0.15) is 0 Å². The van der Waals surface area contributed by atoms with Gasteiger partial charge >= 0.3 is 54.7 Å². The Bertz CT molecular complexity index is 672. The van der Waals surface area contributed by atoms with Crippen molar-refractivity contribution in [2.45, 2.75) is 45.7 Å². The van der Waals surface area contributed by atoms with Gasteiger partial charge in [0.15, 0.2) is 0 Å². The first-order valence-corrected chi connectivity index (χ1v) is 13.7. The van der Waals surface area contributed by atoms with E-state index in [0.717, 1.165) is 0 Å². The summed E-state index contributed by atoms with van der Waals surface area (Å²) in [4.78, 5) is 0. The molecule has 0 atom stereocenters. The third-order valence-corrected chi connectivity index (χ3v) is 11.3. The smallest absolute Gasteiger partial charge is 0.00281 e. The number of benzene rings is 1. The predicted molar refractivity (Wildman–Crippen MR) is 96.8 cm³/mol. The van der Waals surface area contributed by atoms with Gasteiger partial charge in [0.25, 0.3) is 0 Å². The molecule has 0 saturated carbocycles. The van der Waals surface area contributed by atoms with E-state index in [2.05, 4.69) is 76.3 Å². The second-order valence-electron chi connectivity index (χ2n) is 5.92. The van der Waals surface area contributed by atoms with Crippen molar-refractivity contribution in [3.63, 3.8) is 0 Å². The summed E-state index contributed by atoms with van der Waals surface area (Å²) in [5.74, 6) is 0.478. The van der Waals surface area contributed by atoms with Crippen molar-refractivity contribution >= 4 is 16.2 Å². The first-order chi connectivity index (χ1) is 10.6. The molecule has 0 nitrogen and oxygen atoms in total. The fourth-order valence-electron chi connectivity index (χ4n) is 2.71. The molecule has 2 aromatic carbocycles. The van der Waals surface area contributed by atoms with Gasteiger partial charge in [-0.15, -0.1) is 34.0 Å². The van der Waals surface area contributed by atoms with Gasteiger partial charge in [-0.05, 0) is 6.92 Å². The van der Waals surface area contributed by atoms with E-state index in [9.17, 15) is 0 Å². The van der Waals surface area contributed by atoms with E-state index < -0.39 is 0 Å². The van der Waals surface area contributed by atoms with Crippen LogP contribution in [0.5, 0.6) is 0 Å². The number of allylic oxidation sites excluding steroid dienone is 4. The number of fused-ring (bicyclic) bond motifs is 1. The molecule has 0 spiro atoms. The van der Waals surface area contributed by atoms with E-state index in [1.54, 1.807) is 23.3 Å². The van der Waals surface area contributed by atoms with E-state index in [-0.39, 0.29) is 30.2 Å². The molecule has 0 amide bonds. The summed E-state index contributed by atoms with van der Waals surface area (Å²) in [5.41, 5.74) is 4.38. The Morgan fingerprint density at radius 2 is 1.54 bits per heavy atom. The van der Waals surface area contributed by atoms with Crippen LogP contribution in [-0.2, 0) is 23.3 Å². The summed E-state index contributed by atoms with van der Waals surface area (Å²) >= 11 is 1.80. The van der Waals surface area contributed by atoms with Gasteiger partial charge in [-0.2, -0.15) is 6.07 Å². The summed E-state index contributed by atoms with van der Waals surface area (Å²) in [6.07, 6.45) is 8.75. The van der Waals surface area contributed by atoms with Gasteiger partial charge in [0, 0.05) is 5.92 Å². The van der Waals surface area contributed by atoms with Crippen LogP contribution >= 0.6 is 0 Å². The molecule has 0 aromatic heterocycles. The topological polar surface area (TPSA) is 0 Å². The van der Waals surface area contributed by atoms with E-state index in [0.29, 0.717) is 5.92 Å².